The van der Waals surface area contributed by atoms with Crippen LogP contribution in [0.4, 0.5) is 0 Å². The summed E-state index contributed by atoms with van der Waals surface area (Å²) < 4.78 is 0. The second-order valence-electron chi connectivity index (χ2n) is 0.447. The zero-order valence-electron chi connectivity index (χ0n) is 3.84. The Kier molecular flexibility index (Phi) is 18.3. The van der Waals surface area contributed by atoms with Crippen molar-refractivity contribution >= 4 is 0 Å². The molecule has 0 saturated carbocycles. The second kappa shape index (κ2) is 10.4. The van der Waals surface area contributed by atoms with Crippen LogP contribution in [0, 0.1) is 61.8 Å². The van der Waals surface area contributed by atoms with Gasteiger partial charge in [-0.3, -0.25) is 0 Å². The van der Waals surface area contributed by atoms with Crippen LogP contribution in [0.3, 0.4) is 0 Å². The molecule has 8 nitrogen and oxygen atoms in total. The largest absolute Gasteiger partial charge is 0.356 e. The summed E-state index contributed by atoms with van der Waals surface area (Å²) in [5.74, 6) is 0. The molecule has 0 amide bonds. The first-order chi connectivity index (χ1) is 3.46. The molecule has 0 rings (SSSR count). The monoisotopic (exact) mass is 362 g/mol. The van der Waals surface area contributed by atoms with Crippen molar-refractivity contribution in [3.63, 3.8) is 0 Å². The average Bonchev–Trinajstić information content (AvgIpc) is 1.25. The smallest absolute Gasteiger partial charge is 0.0689 e. The summed E-state index contributed by atoms with van der Waals surface area (Å²) in [6.07, 6.45) is 0. The van der Waals surface area contributed by atoms with Crippen LogP contribution in [-0.4, -0.2) is 10.2 Å². The normalized spacial score (nSPS) is 5.33. The quantitative estimate of drug-likeness (QED) is 0.422. The fourth-order valence-electron chi connectivity index (χ4n) is 0. The van der Waals surface area contributed by atoms with Gasteiger partial charge in [-0.05, 0) is 0 Å². The molecule has 0 aromatic carbocycles. The standard InChI is InChI=1S/2NO3.U/c2*2-1(3)4;/q2*-1;. The Morgan fingerprint density at radius 1 is 0.778 bits per heavy atom. The molecule has 9 heteroatoms. The van der Waals surface area contributed by atoms with E-state index in [2.05, 4.69) is 0 Å². The van der Waals surface area contributed by atoms with Crippen LogP contribution in [0.25, 0.3) is 0 Å². The first-order valence-electron chi connectivity index (χ1n) is 1.10. The van der Waals surface area contributed by atoms with E-state index in [1.54, 1.807) is 0 Å². The van der Waals surface area contributed by atoms with Crippen LogP contribution in [-0.2, 0) is 0 Å². The molecule has 0 unspecified atom stereocenters. The topological polar surface area (TPSA) is 132 Å². The minimum atomic E-state index is -1.75. The Morgan fingerprint density at radius 3 is 0.778 bits per heavy atom. The molecule has 0 fully saturated rings. The van der Waals surface area contributed by atoms with Crippen molar-refractivity contribution in [1.82, 2.24) is 0 Å². The molecule has 0 atom stereocenters. The maximum Gasteiger partial charge on any atom is 0.0689 e. The third kappa shape index (κ3) is 737. The molecule has 0 heterocycles. The Morgan fingerprint density at radius 2 is 0.778 bits per heavy atom. The van der Waals surface area contributed by atoms with Gasteiger partial charge in [0.15, 0.2) is 0 Å². The summed E-state index contributed by atoms with van der Waals surface area (Å²) in [6, 6.07) is 0. The third-order valence-electron chi connectivity index (χ3n) is 0. The van der Waals surface area contributed by atoms with Crippen molar-refractivity contribution in [3.8, 4) is 0 Å². The van der Waals surface area contributed by atoms with Gasteiger partial charge in [0, 0.05) is 31.1 Å². The molecule has 0 aliphatic rings. The molecule has 0 aromatic rings. The first-order valence-corrected chi connectivity index (χ1v) is 1.10. The van der Waals surface area contributed by atoms with Crippen molar-refractivity contribution in [2.24, 2.45) is 0 Å². The van der Waals surface area contributed by atoms with Crippen molar-refractivity contribution in [3.05, 3.63) is 30.6 Å². The molecule has 0 aliphatic heterocycles. The van der Waals surface area contributed by atoms with Gasteiger partial charge in [0.2, 0.25) is 0 Å². The fraction of sp³-hybridized carbons (Fsp3) is 0. The maximum absolute atomic E-state index is 8.25. The summed E-state index contributed by atoms with van der Waals surface area (Å²) in [5, 5.41) is 29.5. The van der Waals surface area contributed by atoms with E-state index >= 15 is 0 Å². The Hall–Kier alpha value is -0.548. The Labute approximate surface area is 72.1 Å². The van der Waals surface area contributed by atoms with E-state index in [1.807, 2.05) is 0 Å². The van der Waals surface area contributed by atoms with Crippen LogP contribution < -0.4 is 0 Å². The van der Waals surface area contributed by atoms with Gasteiger partial charge in [0.25, 0.3) is 0 Å². The third-order valence-corrected chi connectivity index (χ3v) is 0. The molecule has 0 aliphatic carbocycles. The molecule has 0 saturated heterocycles. The number of nitrogens with zero attached hydrogens (tertiary/aromatic N) is 2. The minimum absolute atomic E-state index is 0. The summed E-state index contributed by atoms with van der Waals surface area (Å²) >= 11 is 0. The summed E-state index contributed by atoms with van der Waals surface area (Å²) in [6.45, 7) is 0. The van der Waals surface area contributed by atoms with Gasteiger partial charge < -0.3 is 30.6 Å². The van der Waals surface area contributed by atoms with E-state index in [1.165, 1.54) is 0 Å². The molecule has 0 spiro atoms. The average molecular weight is 362 g/mol. The molecule has 9 heavy (non-hydrogen) atoms. The molecule has 52 valence electrons. The molecule has 0 radical (unpaired) electrons. The molecular formula is N2O6U-2. The van der Waals surface area contributed by atoms with Crippen LogP contribution in [0.2, 0.25) is 0 Å². The van der Waals surface area contributed by atoms with Gasteiger partial charge in [0.05, 0.1) is 10.2 Å². The number of hydrogen-bond acceptors (Lipinski definition) is 6. The minimum Gasteiger partial charge on any atom is -0.356 e. The summed E-state index contributed by atoms with van der Waals surface area (Å²) in [5.41, 5.74) is 0. The van der Waals surface area contributed by atoms with Crippen LogP contribution in [0.5, 0.6) is 0 Å². The van der Waals surface area contributed by atoms with E-state index in [-0.39, 0.29) is 31.1 Å². The van der Waals surface area contributed by atoms with Gasteiger partial charge >= 0.3 is 0 Å². The van der Waals surface area contributed by atoms with E-state index < -0.39 is 10.2 Å². The second-order valence-corrected chi connectivity index (χ2v) is 0.447. The van der Waals surface area contributed by atoms with Gasteiger partial charge in [0.1, 0.15) is 0 Å². The Balaban J connectivity index is -0.0000000720. The predicted octanol–water partition coefficient (Wildman–Crippen LogP) is -0.478. The van der Waals surface area contributed by atoms with Gasteiger partial charge in [-0.15, -0.1) is 0 Å². The van der Waals surface area contributed by atoms with E-state index in [0.29, 0.717) is 0 Å². The van der Waals surface area contributed by atoms with E-state index in [0.717, 1.165) is 0 Å². The van der Waals surface area contributed by atoms with Gasteiger partial charge in [-0.2, -0.15) is 0 Å². The van der Waals surface area contributed by atoms with Crippen LogP contribution >= 0.6 is 0 Å². The zero-order valence-corrected chi connectivity index (χ0v) is 8.01. The number of rotatable bonds is 0. The maximum atomic E-state index is 8.25. The predicted molar refractivity (Wildman–Crippen MR) is 20.7 cm³/mol. The van der Waals surface area contributed by atoms with Crippen LogP contribution in [0.1, 0.15) is 0 Å². The van der Waals surface area contributed by atoms with Crippen molar-refractivity contribution < 1.29 is 41.3 Å². The fourth-order valence-corrected chi connectivity index (χ4v) is 0. The molecule has 0 bridgehead atoms. The number of hydrogen-bond donors (Lipinski definition) is 0. The molecule has 0 aromatic heterocycles. The SMILES string of the molecule is O=[N+]([O-])[O-].O=[N+]([O-])[O-].[U]. The molecular weight excluding hydrogens is 362 g/mol. The Bertz CT molecular complexity index is 69.1. The summed E-state index contributed by atoms with van der Waals surface area (Å²) in [7, 11) is 0. The molecule has 0 N–H and O–H groups in total. The van der Waals surface area contributed by atoms with E-state index in [9.17, 15) is 0 Å². The van der Waals surface area contributed by atoms with Crippen LogP contribution in [0.15, 0.2) is 0 Å². The van der Waals surface area contributed by atoms with Crippen molar-refractivity contribution in [1.29, 1.82) is 0 Å². The first kappa shape index (κ1) is 15.8. The summed E-state index contributed by atoms with van der Waals surface area (Å²) in [4.78, 5) is 16.5. The van der Waals surface area contributed by atoms with E-state index in [4.69, 9.17) is 30.6 Å². The van der Waals surface area contributed by atoms with Crippen molar-refractivity contribution in [2.75, 3.05) is 0 Å². The van der Waals surface area contributed by atoms with Gasteiger partial charge in [-0.25, -0.2) is 0 Å². The zero-order chi connectivity index (χ0) is 7.15. The van der Waals surface area contributed by atoms with Gasteiger partial charge in [-0.1, -0.05) is 0 Å². The van der Waals surface area contributed by atoms with Crippen molar-refractivity contribution in [2.45, 2.75) is 0 Å².